The molecule has 114 valence electrons. The number of benzene rings is 1. The van der Waals surface area contributed by atoms with Crippen LogP contribution in [-0.4, -0.2) is 32.2 Å². The lowest BCUT2D eigenvalue weighted by atomic mass is 9.98. The lowest BCUT2D eigenvalue weighted by molar-refractivity contribution is -0.326. The van der Waals surface area contributed by atoms with Crippen LogP contribution in [0.15, 0.2) is 28.2 Å². The fourth-order valence-corrected chi connectivity index (χ4v) is 2.35. The molecule has 1 unspecified atom stereocenters. The van der Waals surface area contributed by atoms with Crippen LogP contribution in [0.4, 0.5) is 13.2 Å². The Kier molecular flexibility index (Phi) is 4.03. The molecule has 0 saturated heterocycles. The molecule has 0 fully saturated rings. The van der Waals surface area contributed by atoms with E-state index in [2.05, 4.69) is 25.4 Å². The molecular weight excluding hydrogens is 357 g/mol. The van der Waals surface area contributed by atoms with Gasteiger partial charge in [-0.3, -0.25) is 0 Å². The summed E-state index contributed by atoms with van der Waals surface area (Å²) in [6.45, 7) is 0. The van der Waals surface area contributed by atoms with Crippen molar-refractivity contribution in [1.29, 1.82) is 0 Å². The predicted octanol–water partition coefficient (Wildman–Crippen LogP) is 3.30. The highest BCUT2D eigenvalue weighted by Gasteiger charge is 2.64. The van der Waals surface area contributed by atoms with Gasteiger partial charge in [0.25, 0.3) is 0 Å². The molecule has 4 nitrogen and oxygen atoms in total. The zero-order valence-electron chi connectivity index (χ0n) is 11.0. The van der Waals surface area contributed by atoms with Crippen LogP contribution >= 0.6 is 15.9 Å². The molecule has 21 heavy (non-hydrogen) atoms. The lowest BCUT2D eigenvalue weighted by Crippen LogP contribution is -2.56. The predicted molar refractivity (Wildman–Crippen MR) is 70.6 cm³/mol. The van der Waals surface area contributed by atoms with Crippen molar-refractivity contribution >= 4 is 28.0 Å². The smallest absolute Gasteiger partial charge is 0.460 e. The molecule has 1 atom stereocenters. The Morgan fingerprint density at radius 3 is 2.52 bits per heavy atom. The van der Waals surface area contributed by atoms with Crippen molar-refractivity contribution in [1.82, 2.24) is 0 Å². The number of methoxy groups -OCH3 is 2. The van der Waals surface area contributed by atoms with Gasteiger partial charge in [-0.2, -0.15) is 13.2 Å². The van der Waals surface area contributed by atoms with Gasteiger partial charge >= 0.3 is 17.9 Å². The summed E-state index contributed by atoms with van der Waals surface area (Å²) >= 11 is 3.20. The highest BCUT2D eigenvalue weighted by molar-refractivity contribution is 9.10. The summed E-state index contributed by atoms with van der Waals surface area (Å²) in [5.41, 5.74) is -0.465. The third kappa shape index (κ3) is 2.53. The zero-order chi connectivity index (χ0) is 15.8. The van der Waals surface area contributed by atoms with E-state index in [-0.39, 0.29) is 5.75 Å². The van der Waals surface area contributed by atoms with E-state index < -0.39 is 23.5 Å². The first-order valence-corrected chi connectivity index (χ1v) is 6.45. The minimum Gasteiger partial charge on any atom is -0.465 e. The van der Waals surface area contributed by atoms with Crippen molar-refractivity contribution in [3.8, 4) is 5.75 Å². The van der Waals surface area contributed by atoms with Crippen molar-refractivity contribution in [2.24, 2.45) is 0 Å². The van der Waals surface area contributed by atoms with E-state index in [0.717, 1.165) is 20.3 Å². The van der Waals surface area contributed by atoms with Crippen molar-refractivity contribution in [2.45, 2.75) is 12.0 Å². The second-order valence-electron chi connectivity index (χ2n) is 4.15. The lowest BCUT2D eigenvalue weighted by Gasteiger charge is -2.37. The largest absolute Gasteiger partial charge is 0.465 e. The van der Waals surface area contributed by atoms with Gasteiger partial charge in [-0.15, -0.1) is 0 Å². The number of hydrogen-bond acceptors (Lipinski definition) is 4. The maximum atomic E-state index is 13.4. The van der Waals surface area contributed by atoms with Crippen LogP contribution in [0, 0.1) is 0 Å². The van der Waals surface area contributed by atoms with Gasteiger partial charge in [-0.1, -0.05) is 15.9 Å². The summed E-state index contributed by atoms with van der Waals surface area (Å²) in [6.07, 6.45) is -3.92. The number of esters is 1. The Hall–Kier alpha value is -1.54. The standard InChI is InChI=1S/C13H10BrF3O4/c1-19-11(18)9-6-7-5-8(14)3-4-10(7)21-12(9,20-2)13(15,16)17/h3-6H,1-2H3. The van der Waals surface area contributed by atoms with Gasteiger partial charge < -0.3 is 14.2 Å². The third-order valence-electron chi connectivity index (χ3n) is 2.95. The molecule has 0 N–H and O–H groups in total. The van der Waals surface area contributed by atoms with E-state index in [0.29, 0.717) is 10.0 Å². The maximum absolute atomic E-state index is 13.4. The molecule has 0 aromatic heterocycles. The number of alkyl halides is 3. The minimum atomic E-state index is -4.97. The summed E-state index contributed by atoms with van der Waals surface area (Å²) in [5, 5.41) is 0. The highest BCUT2D eigenvalue weighted by atomic mass is 79.9. The van der Waals surface area contributed by atoms with Crippen molar-refractivity contribution < 1.29 is 32.2 Å². The van der Waals surface area contributed by atoms with Crippen LogP contribution in [0.2, 0.25) is 0 Å². The fraction of sp³-hybridized carbons (Fsp3) is 0.308. The van der Waals surface area contributed by atoms with E-state index in [1.807, 2.05) is 0 Å². The van der Waals surface area contributed by atoms with Crippen molar-refractivity contribution in [3.05, 3.63) is 33.8 Å². The number of carbonyl (C=O) groups excluding carboxylic acids is 1. The Morgan fingerprint density at radius 2 is 2.00 bits per heavy atom. The quantitative estimate of drug-likeness (QED) is 0.753. The molecule has 1 aliphatic heterocycles. The van der Waals surface area contributed by atoms with Crippen LogP contribution in [0.5, 0.6) is 5.75 Å². The van der Waals surface area contributed by atoms with Crippen molar-refractivity contribution in [2.75, 3.05) is 14.2 Å². The fourth-order valence-electron chi connectivity index (χ4n) is 1.97. The molecule has 0 amide bonds. The summed E-state index contributed by atoms with van der Waals surface area (Å²) in [7, 11) is 1.80. The first-order valence-electron chi connectivity index (χ1n) is 5.66. The molecule has 2 rings (SSSR count). The van der Waals surface area contributed by atoms with E-state index in [4.69, 9.17) is 4.74 Å². The zero-order valence-corrected chi connectivity index (χ0v) is 12.5. The van der Waals surface area contributed by atoms with Crippen LogP contribution in [0.3, 0.4) is 0 Å². The van der Waals surface area contributed by atoms with Gasteiger partial charge in [-0.25, -0.2) is 4.79 Å². The number of halogens is 4. The molecule has 8 heteroatoms. The molecule has 0 bridgehead atoms. The van der Waals surface area contributed by atoms with Crippen molar-refractivity contribution in [3.63, 3.8) is 0 Å². The van der Waals surface area contributed by atoms with Crippen LogP contribution in [-0.2, 0) is 14.3 Å². The number of rotatable bonds is 2. The Labute approximate surface area is 126 Å². The third-order valence-corrected chi connectivity index (χ3v) is 3.44. The highest BCUT2D eigenvalue weighted by Crippen LogP contribution is 2.46. The minimum absolute atomic E-state index is 0.0509. The molecule has 1 aliphatic rings. The number of fused-ring (bicyclic) bond motifs is 1. The Morgan fingerprint density at radius 1 is 1.33 bits per heavy atom. The number of hydrogen-bond donors (Lipinski definition) is 0. The van der Waals surface area contributed by atoms with Crippen LogP contribution in [0.25, 0.3) is 6.08 Å². The molecule has 1 aromatic rings. The monoisotopic (exact) mass is 366 g/mol. The maximum Gasteiger partial charge on any atom is 0.460 e. The van der Waals surface area contributed by atoms with Gasteiger partial charge in [0.15, 0.2) is 0 Å². The SMILES string of the molecule is COC(=O)C1=Cc2cc(Br)ccc2OC1(OC)C(F)(F)F. The number of ether oxygens (including phenoxy) is 3. The van der Waals surface area contributed by atoms with Crippen LogP contribution < -0.4 is 4.74 Å². The number of carbonyl (C=O) groups is 1. The molecule has 0 saturated carbocycles. The molecule has 0 spiro atoms. The van der Waals surface area contributed by atoms with E-state index in [1.54, 1.807) is 0 Å². The van der Waals surface area contributed by atoms with Gasteiger partial charge in [0.2, 0.25) is 0 Å². The van der Waals surface area contributed by atoms with Gasteiger partial charge in [-0.05, 0) is 24.3 Å². The van der Waals surface area contributed by atoms with Gasteiger partial charge in [0, 0.05) is 17.1 Å². The van der Waals surface area contributed by atoms with E-state index in [1.165, 1.54) is 18.2 Å². The molecule has 1 aromatic carbocycles. The van der Waals surface area contributed by atoms with Crippen LogP contribution in [0.1, 0.15) is 5.56 Å². The first-order chi connectivity index (χ1) is 9.75. The topological polar surface area (TPSA) is 44.8 Å². The Balaban J connectivity index is 2.69. The summed E-state index contributed by atoms with van der Waals surface area (Å²) in [6, 6.07) is 4.39. The second kappa shape index (κ2) is 5.34. The average Bonchev–Trinajstić information content (AvgIpc) is 2.43. The van der Waals surface area contributed by atoms with E-state index in [9.17, 15) is 18.0 Å². The normalized spacial score (nSPS) is 21.1. The van der Waals surface area contributed by atoms with E-state index >= 15 is 0 Å². The molecule has 0 aliphatic carbocycles. The summed E-state index contributed by atoms with van der Waals surface area (Å²) < 4.78 is 54.8. The summed E-state index contributed by atoms with van der Waals surface area (Å²) in [4.78, 5) is 11.7. The van der Waals surface area contributed by atoms with Gasteiger partial charge in [0.1, 0.15) is 11.3 Å². The second-order valence-corrected chi connectivity index (χ2v) is 5.07. The average molecular weight is 367 g/mol. The summed E-state index contributed by atoms with van der Waals surface area (Å²) in [5.74, 6) is -4.43. The van der Waals surface area contributed by atoms with Gasteiger partial charge in [0.05, 0.1) is 7.11 Å². The molecular formula is C13H10BrF3O4. The first kappa shape index (κ1) is 15.8. The molecule has 0 radical (unpaired) electrons. The Bertz CT molecular complexity index is 612. The molecule has 1 heterocycles.